The van der Waals surface area contributed by atoms with E-state index in [-0.39, 0.29) is 14.5 Å². The molecule has 6 rings (SSSR count). The molecule has 0 aliphatic carbocycles. The molecule has 0 saturated carbocycles. The molecule has 3 nitrogen and oxygen atoms in total. The van der Waals surface area contributed by atoms with Crippen LogP contribution in [0.4, 0.5) is 23.0 Å². The van der Waals surface area contributed by atoms with E-state index in [1.165, 1.54) is 36.4 Å². The normalized spacial score (nSPS) is 14.0. The molecule has 0 unspecified atom stereocenters. The maximum Gasteiger partial charge on any atom is 0.673 e. The van der Waals surface area contributed by atoms with E-state index in [4.69, 9.17) is 4.74 Å². The van der Waals surface area contributed by atoms with Crippen molar-refractivity contribution in [2.75, 3.05) is 19.0 Å². The van der Waals surface area contributed by atoms with E-state index < -0.39 is 7.25 Å². The Morgan fingerprint density at radius 2 is 1.55 bits per heavy atom. The first-order chi connectivity index (χ1) is 20.1. The van der Waals surface area contributed by atoms with Gasteiger partial charge >= 0.3 is 218 Å². The summed E-state index contributed by atoms with van der Waals surface area (Å²) in [6, 6.07) is 30.1. The molecular weight excluding hydrogens is 606 g/mol. The summed E-state index contributed by atoms with van der Waals surface area (Å²) in [5, 5.41) is 2.67. The third kappa shape index (κ3) is 6.86. The first-order valence-electron chi connectivity index (χ1n) is 13.5. The Balaban J connectivity index is 0.000000652. The number of anilines is 1. The third-order valence-electron chi connectivity index (χ3n) is 6.79. The van der Waals surface area contributed by atoms with Gasteiger partial charge in [0.1, 0.15) is 0 Å². The zero-order valence-electron chi connectivity index (χ0n) is 23.4. The summed E-state index contributed by atoms with van der Waals surface area (Å²) in [6.45, 7) is 3.16. The van der Waals surface area contributed by atoms with E-state index in [2.05, 4.69) is 134 Å². The molecule has 4 aromatic carbocycles. The summed E-state index contributed by atoms with van der Waals surface area (Å²) in [5.74, 6) is 1.78. The van der Waals surface area contributed by atoms with Crippen molar-refractivity contribution in [2.24, 2.45) is 0 Å². The monoisotopic (exact) mass is 636 g/mol. The van der Waals surface area contributed by atoms with Crippen molar-refractivity contribution >= 4 is 65.7 Å². The van der Waals surface area contributed by atoms with Crippen LogP contribution in [0.15, 0.2) is 103 Å². The Kier molecular flexibility index (Phi) is 8.71. The van der Waals surface area contributed by atoms with Gasteiger partial charge in [-0.3, -0.25) is 0 Å². The standard InChI is InChI=1S/C33H29N2OSe.BF4/c1-4-35-30-20-17-24-9-5-6-11-29(24)33(30)37-32(35)22-27-21-25(28-10-7-8-12-31(28)36-27)16-13-23-14-18-26(19-15-23)34(2)3;2-1(3,4)5/h5-22H,4H2,1-3H3;/q+1;-1. The van der Waals surface area contributed by atoms with Crippen LogP contribution in [0.5, 0.6) is 5.75 Å². The van der Waals surface area contributed by atoms with Crippen molar-refractivity contribution in [3.8, 4) is 5.75 Å². The van der Waals surface area contributed by atoms with Crippen LogP contribution in [-0.4, -0.2) is 35.9 Å². The second kappa shape index (κ2) is 12.4. The van der Waals surface area contributed by atoms with Crippen molar-refractivity contribution in [1.82, 2.24) is 0 Å². The van der Waals surface area contributed by atoms with E-state index in [0.29, 0.717) is 0 Å². The van der Waals surface area contributed by atoms with Gasteiger partial charge in [-0.1, -0.05) is 0 Å². The number of ether oxygens (including phenoxy) is 1. The van der Waals surface area contributed by atoms with Crippen LogP contribution in [0, 0.1) is 0 Å². The van der Waals surface area contributed by atoms with Gasteiger partial charge in [0.25, 0.3) is 0 Å². The van der Waals surface area contributed by atoms with Gasteiger partial charge in [-0.2, -0.15) is 0 Å². The predicted octanol–water partition coefficient (Wildman–Crippen LogP) is 8.25. The molecule has 0 saturated heterocycles. The number of nitrogens with zero attached hydrogens (tertiary/aromatic N) is 2. The van der Waals surface area contributed by atoms with Crippen molar-refractivity contribution < 1.29 is 26.6 Å². The number of rotatable bonds is 5. The van der Waals surface area contributed by atoms with E-state index in [0.717, 1.165) is 29.2 Å². The van der Waals surface area contributed by atoms with E-state index in [1.54, 1.807) is 0 Å². The molecule has 0 radical (unpaired) electrons. The van der Waals surface area contributed by atoms with Crippen LogP contribution >= 0.6 is 0 Å². The molecule has 0 bridgehead atoms. The Hall–Kier alpha value is -4.07. The average Bonchev–Trinajstić information content (AvgIpc) is 3.32. The van der Waals surface area contributed by atoms with Crippen molar-refractivity contribution in [2.45, 2.75) is 13.5 Å². The van der Waals surface area contributed by atoms with Gasteiger partial charge in [-0.15, -0.1) is 0 Å². The second-order valence-corrected chi connectivity index (χ2v) is 12.0. The number of para-hydroxylation sites is 1. The first kappa shape index (κ1) is 29.4. The number of halogens is 4. The summed E-state index contributed by atoms with van der Waals surface area (Å²) in [6.07, 6.45) is 8.79. The fourth-order valence-corrected chi connectivity index (χ4v) is 7.57. The molecule has 1 aromatic heterocycles. The summed E-state index contributed by atoms with van der Waals surface area (Å²) < 4.78 is 50.6. The summed E-state index contributed by atoms with van der Waals surface area (Å²) in [5.41, 5.74) is 5.97. The van der Waals surface area contributed by atoms with E-state index in [9.17, 15) is 17.3 Å². The van der Waals surface area contributed by atoms with Gasteiger partial charge in [0.05, 0.1) is 0 Å². The molecule has 9 heteroatoms. The fraction of sp³-hybridized carbons (Fsp3) is 0.121. The molecule has 0 fully saturated rings. The molecule has 2 heterocycles. The molecule has 1 aliphatic heterocycles. The van der Waals surface area contributed by atoms with Crippen LogP contribution in [0.25, 0.3) is 38.3 Å². The van der Waals surface area contributed by atoms with E-state index in [1.807, 2.05) is 6.07 Å². The van der Waals surface area contributed by atoms with Gasteiger partial charge in [0, 0.05) is 14.1 Å². The Morgan fingerprint density at radius 3 is 2.26 bits per heavy atom. The van der Waals surface area contributed by atoms with Crippen LogP contribution in [0.1, 0.15) is 22.6 Å². The molecule has 0 N–H and O–H groups in total. The molecule has 0 atom stereocenters. The number of fused-ring (bicyclic) bond motifs is 4. The number of hydrogen-bond acceptors (Lipinski definition) is 2. The zero-order valence-corrected chi connectivity index (χ0v) is 25.1. The molecule has 0 spiro atoms. The van der Waals surface area contributed by atoms with Gasteiger partial charge < -0.3 is 17.3 Å². The smallest absolute Gasteiger partial charge is 0.418 e. The maximum absolute atomic E-state index is 9.75. The molecule has 42 heavy (non-hydrogen) atoms. The zero-order chi connectivity index (χ0) is 29.9. The van der Waals surface area contributed by atoms with Crippen LogP contribution < -0.4 is 14.2 Å². The topological polar surface area (TPSA) is 16.4 Å². The number of hydrogen-bond donors (Lipinski definition) is 0. The molecule has 5 aromatic rings. The van der Waals surface area contributed by atoms with Crippen LogP contribution in [0.3, 0.4) is 0 Å². The molecule has 1 aliphatic rings. The predicted molar refractivity (Wildman–Crippen MR) is 167 cm³/mol. The Morgan fingerprint density at radius 1 is 0.857 bits per heavy atom. The second-order valence-electron chi connectivity index (χ2n) is 9.88. The minimum atomic E-state index is -6.00. The number of aromatic nitrogens is 1. The summed E-state index contributed by atoms with van der Waals surface area (Å²) >= 11 is 0.206. The largest absolute Gasteiger partial charge is 0.673 e. The third-order valence-corrected chi connectivity index (χ3v) is 9.27. The number of aryl methyl sites for hydroxylation is 1. The minimum Gasteiger partial charge on any atom is -0.418 e. The SMILES string of the molecule is CC[n+]1c(C=C2C=C(C=Cc3ccc(N(C)C)cc3)c3ccccc3O2)[se]c2c3ccccc3ccc21.F[B-](F)(F)F. The average molecular weight is 635 g/mol. The quantitative estimate of drug-likeness (QED) is 0.110. The maximum atomic E-state index is 9.75. The van der Waals surface area contributed by atoms with Crippen molar-refractivity contribution in [3.05, 3.63) is 119 Å². The fourth-order valence-electron chi connectivity index (χ4n) is 4.85. The summed E-state index contributed by atoms with van der Waals surface area (Å²) in [7, 11) is -1.88. The van der Waals surface area contributed by atoms with E-state index >= 15 is 0 Å². The molecule has 214 valence electrons. The number of benzene rings is 4. The van der Waals surface area contributed by atoms with Crippen molar-refractivity contribution in [3.63, 3.8) is 0 Å². The summed E-state index contributed by atoms with van der Waals surface area (Å²) in [4.78, 5) is 2.12. The number of allylic oxidation sites excluding steroid dienone is 3. The first-order valence-corrected chi connectivity index (χ1v) is 15.2. The van der Waals surface area contributed by atoms with Gasteiger partial charge in [0.2, 0.25) is 0 Å². The van der Waals surface area contributed by atoms with Crippen molar-refractivity contribution in [1.29, 1.82) is 0 Å². The molecule has 0 amide bonds. The van der Waals surface area contributed by atoms with Gasteiger partial charge in [-0.05, 0) is 0 Å². The van der Waals surface area contributed by atoms with Gasteiger partial charge in [0.15, 0.2) is 0 Å². The minimum absolute atomic E-state index is 0.206. The Bertz CT molecular complexity index is 1820. The van der Waals surface area contributed by atoms with Crippen LogP contribution in [-0.2, 0) is 6.54 Å². The van der Waals surface area contributed by atoms with Crippen LogP contribution in [0.2, 0.25) is 0 Å². The van der Waals surface area contributed by atoms with Gasteiger partial charge in [-0.25, -0.2) is 0 Å². The Labute approximate surface area is 248 Å². The molecular formula is C33H29BF4N2OSe.